The fourth-order valence-corrected chi connectivity index (χ4v) is 4.90. The Morgan fingerprint density at radius 2 is 1.52 bits per heavy atom. The predicted molar refractivity (Wildman–Crippen MR) is 177 cm³/mol. The van der Waals surface area contributed by atoms with Gasteiger partial charge in [-0.1, -0.05) is 94.8 Å². The Hall–Kier alpha value is -5.01. The number of nitrogens with zero attached hydrogens (tertiary/aromatic N) is 1. The average molecular weight is 729 g/mol. The zero-order valence-corrected chi connectivity index (χ0v) is 27.3. The Bertz CT molecular complexity index is 1700. The monoisotopic (exact) mass is 727 g/mol. The number of benzene rings is 4. The van der Waals surface area contributed by atoms with Crippen LogP contribution < -0.4 is 11.1 Å². The predicted octanol–water partition coefficient (Wildman–Crippen LogP) is 5.92. The minimum Gasteiger partial charge on any atom is -0.475 e. The molecule has 4 aromatic carbocycles. The van der Waals surface area contributed by atoms with Crippen molar-refractivity contribution >= 4 is 39.7 Å². The van der Waals surface area contributed by atoms with E-state index in [9.17, 15) is 27.6 Å². The van der Waals surface area contributed by atoms with Crippen molar-refractivity contribution in [3.8, 4) is 11.1 Å². The number of methoxy groups -OCH3 is 1. The Morgan fingerprint density at radius 3 is 2.12 bits per heavy atom. The molecule has 0 aliphatic rings. The number of carbonyl (C=O) groups is 4. The summed E-state index contributed by atoms with van der Waals surface area (Å²) in [4.78, 5) is 50.3. The number of carboxylic acids is 1. The number of esters is 1. The first-order valence-electron chi connectivity index (χ1n) is 14.5. The van der Waals surface area contributed by atoms with E-state index in [1.165, 1.54) is 7.11 Å². The standard InChI is InChI=1S/C33H32BrN3O4.C2HF3O2/c1-41-33(40)31(25-9-3-2-4-10-25)37(30(38)21-23-14-16-27(34)17-15-23)22-24-8-7-11-26(20-24)28-12-5-6-13-29(28)32(39)36-19-18-35;3-2(4,5)1(6)7/h2-17,20,31H,18-19,21-22,35H2,1H3,(H,36,39);(H,6,7). The normalized spacial score (nSPS) is 11.4. The summed E-state index contributed by atoms with van der Waals surface area (Å²) in [7, 11) is 1.32. The second kappa shape index (κ2) is 17.8. The molecule has 1 atom stereocenters. The van der Waals surface area contributed by atoms with E-state index in [0.717, 1.165) is 26.7 Å². The summed E-state index contributed by atoms with van der Waals surface area (Å²) in [6.07, 6.45) is -4.97. The van der Waals surface area contributed by atoms with Gasteiger partial charge < -0.3 is 25.8 Å². The molecular weight excluding hydrogens is 695 g/mol. The molecule has 4 rings (SSSR count). The van der Waals surface area contributed by atoms with Crippen LogP contribution in [-0.4, -0.2) is 60.1 Å². The summed E-state index contributed by atoms with van der Waals surface area (Å²) in [5.74, 6) is -3.72. The van der Waals surface area contributed by atoms with Gasteiger partial charge in [-0.2, -0.15) is 13.2 Å². The summed E-state index contributed by atoms with van der Waals surface area (Å²) in [5, 5.41) is 9.95. The van der Waals surface area contributed by atoms with Crippen molar-refractivity contribution in [1.29, 1.82) is 0 Å². The molecule has 48 heavy (non-hydrogen) atoms. The number of rotatable bonds is 11. The number of hydrogen-bond acceptors (Lipinski definition) is 6. The van der Waals surface area contributed by atoms with Gasteiger partial charge in [0.1, 0.15) is 0 Å². The van der Waals surface area contributed by atoms with Crippen LogP contribution in [0.3, 0.4) is 0 Å². The van der Waals surface area contributed by atoms with Gasteiger partial charge in [-0.15, -0.1) is 0 Å². The molecule has 4 N–H and O–H groups in total. The SMILES string of the molecule is COC(=O)C(c1ccccc1)N(Cc1cccc(-c2ccccc2C(=O)NCCN)c1)C(=O)Cc1ccc(Br)cc1.O=C(O)C(F)(F)F. The molecule has 0 aliphatic carbocycles. The summed E-state index contributed by atoms with van der Waals surface area (Å²) in [5.41, 5.74) is 9.94. The number of hydrogen-bond donors (Lipinski definition) is 3. The number of amides is 2. The second-order valence-electron chi connectivity index (χ2n) is 10.3. The highest BCUT2D eigenvalue weighted by molar-refractivity contribution is 9.10. The Morgan fingerprint density at radius 1 is 0.896 bits per heavy atom. The van der Waals surface area contributed by atoms with Crippen molar-refractivity contribution in [3.63, 3.8) is 0 Å². The molecule has 0 bridgehead atoms. The molecule has 0 aromatic heterocycles. The lowest BCUT2D eigenvalue weighted by atomic mass is 9.97. The summed E-state index contributed by atoms with van der Waals surface area (Å²) in [6.45, 7) is 0.868. The van der Waals surface area contributed by atoms with Gasteiger partial charge in [-0.3, -0.25) is 9.59 Å². The van der Waals surface area contributed by atoms with E-state index < -0.39 is 24.2 Å². The molecule has 0 saturated carbocycles. The van der Waals surface area contributed by atoms with Crippen LogP contribution >= 0.6 is 15.9 Å². The topological polar surface area (TPSA) is 139 Å². The van der Waals surface area contributed by atoms with Crippen molar-refractivity contribution < 1.29 is 42.2 Å². The van der Waals surface area contributed by atoms with E-state index in [1.54, 1.807) is 11.0 Å². The number of alkyl halides is 3. The third-order valence-corrected chi connectivity index (χ3v) is 7.40. The summed E-state index contributed by atoms with van der Waals surface area (Å²) < 4.78 is 37.8. The molecule has 0 radical (unpaired) electrons. The van der Waals surface area contributed by atoms with Gasteiger partial charge in [0.2, 0.25) is 5.91 Å². The molecule has 252 valence electrons. The Labute approximate surface area is 283 Å². The van der Waals surface area contributed by atoms with Crippen LogP contribution in [0.4, 0.5) is 13.2 Å². The maximum Gasteiger partial charge on any atom is 0.490 e. The van der Waals surface area contributed by atoms with Gasteiger partial charge in [0.25, 0.3) is 5.91 Å². The molecular formula is C35H33BrF3N3O6. The van der Waals surface area contributed by atoms with E-state index >= 15 is 0 Å². The summed E-state index contributed by atoms with van der Waals surface area (Å²) in [6, 6.07) is 30.7. The lowest BCUT2D eigenvalue weighted by molar-refractivity contribution is -0.192. The van der Waals surface area contributed by atoms with E-state index in [4.69, 9.17) is 20.4 Å². The van der Waals surface area contributed by atoms with Crippen molar-refractivity contribution in [2.24, 2.45) is 5.73 Å². The smallest absolute Gasteiger partial charge is 0.475 e. The molecule has 0 spiro atoms. The van der Waals surface area contributed by atoms with Gasteiger partial charge in [0.15, 0.2) is 6.04 Å². The maximum absolute atomic E-state index is 13.9. The number of nitrogens with two attached hydrogens (primary N) is 1. The zero-order chi connectivity index (χ0) is 35.3. The number of aliphatic carboxylic acids is 1. The average Bonchev–Trinajstić information content (AvgIpc) is 3.08. The molecule has 9 nitrogen and oxygen atoms in total. The number of nitrogens with one attached hydrogen (secondary N) is 1. The van der Waals surface area contributed by atoms with Gasteiger partial charge in [-0.05, 0) is 52.1 Å². The van der Waals surface area contributed by atoms with Gasteiger partial charge in [-0.25, -0.2) is 9.59 Å². The number of carboxylic acid groups (broad SMARTS) is 1. The fourth-order valence-electron chi connectivity index (χ4n) is 4.64. The third kappa shape index (κ3) is 10.8. The Balaban J connectivity index is 0.000000804. The third-order valence-electron chi connectivity index (χ3n) is 6.88. The molecule has 4 aromatic rings. The molecule has 2 amide bonds. The van der Waals surface area contributed by atoms with E-state index in [2.05, 4.69) is 21.2 Å². The van der Waals surface area contributed by atoms with Crippen LogP contribution in [-0.2, 0) is 32.1 Å². The maximum atomic E-state index is 13.9. The number of halogens is 4. The van der Waals surface area contributed by atoms with Crippen molar-refractivity contribution in [2.75, 3.05) is 20.2 Å². The largest absolute Gasteiger partial charge is 0.490 e. The van der Waals surface area contributed by atoms with Gasteiger partial charge in [0.05, 0.1) is 13.5 Å². The first-order valence-corrected chi connectivity index (χ1v) is 15.3. The minimum atomic E-state index is -5.08. The van der Waals surface area contributed by atoms with Crippen molar-refractivity contribution in [3.05, 3.63) is 130 Å². The fraction of sp³-hybridized carbons (Fsp3) is 0.200. The van der Waals surface area contributed by atoms with Gasteiger partial charge >= 0.3 is 18.1 Å². The molecule has 1 unspecified atom stereocenters. The molecule has 13 heteroatoms. The van der Waals surface area contributed by atoms with Crippen LogP contribution in [0.5, 0.6) is 0 Å². The first kappa shape index (κ1) is 37.4. The minimum absolute atomic E-state index is 0.109. The van der Waals surface area contributed by atoms with Crippen molar-refractivity contribution in [1.82, 2.24) is 10.2 Å². The lowest BCUT2D eigenvalue weighted by Gasteiger charge is -2.31. The molecule has 0 saturated heterocycles. The molecule has 0 aliphatic heterocycles. The number of ether oxygens (including phenoxy) is 1. The highest BCUT2D eigenvalue weighted by Crippen LogP contribution is 2.29. The van der Waals surface area contributed by atoms with Crippen LogP contribution in [0.1, 0.15) is 33.1 Å². The van der Waals surface area contributed by atoms with Crippen molar-refractivity contribution in [2.45, 2.75) is 25.2 Å². The Kier molecular flexibility index (Phi) is 13.9. The van der Waals surface area contributed by atoms with Crippen LogP contribution in [0.2, 0.25) is 0 Å². The lowest BCUT2D eigenvalue weighted by Crippen LogP contribution is -2.40. The summed E-state index contributed by atoms with van der Waals surface area (Å²) >= 11 is 3.43. The highest BCUT2D eigenvalue weighted by Gasteiger charge is 2.38. The quantitative estimate of drug-likeness (QED) is 0.163. The number of carbonyl (C=O) groups excluding carboxylic acids is 3. The van der Waals surface area contributed by atoms with E-state index in [1.807, 2.05) is 97.1 Å². The molecule has 0 heterocycles. The van der Waals surface area contributed by atoms with Gasteiger partial charge in [0, 0.05) is 29.7 Å². The molecule has 0 fully saturated rings. The zero-order valence-electron chi connectivity index (χ0n) is 25.7. The van der Waals surface area contributed by atoms with E-state index in [-0.39, 0.29) is 24.8 Å². The van der Waals surface area contributed by atoms with Crippen LogP contribution in [0, 0.1) is 0 Å². The van der Waals surface area contributed by atoms with Crippen LogP contribution in [0.25, 0.3) is 11.1 Å². The van der Waals surface area contributed by atoms with Crippen LogP contribution in [0.15, 0.2) is 108 Å². The highest BCUT2D eigenvalue weighted by atomic mass is 79.9. The second-order valence-corrected chi connectivity index (χ2v) is 11.2. The van der Waals surface area contributed by atoms with E-state index in [0.29, 0.717) is 24.2 Å². The first-order chi connectivity index (χ1) is 22.8.